The minimum absolute atomic E-state index is 0.192. The van der Waals surface area contributed by atoms with E-state index < -0.39 is 0 Å². The summed E-state index contributed by atoms with van der Waals surface area (Å²) in [7, 11) is 0. The average Bonchev–Trinajstić information content (AvgIpc) is 3.10. The lowest BCUT2D eigenvalue weighted by atomic mass is 10.3. The number of morpholine rings is 1. The zero-order chi connectivity index (χ0) is 17.8. The first-order valence-corrected chi connectivity index (χ1v) is 10.00. The lowest BCUT2D eigenvalue weighted by Crippen LogP contribution is -2.36. The Hall–Kier alpha value is -1.13. The Morgan fingerprint density at radius 1 is 1.40 bits per heavy atom. The number of hydrogen-bond donors (Lipinski definition) is 1. The maximum atomic E-state index is 12.1. The number of carbonyl (C=O) groups excluding carboxylic acids is 1. The molecule has 1 fully saturated rings. The Labute approximate surface area is 163 Å². The van der Waals surface area contributed by atoms with Crippen LogP contribution in [0.25, 0.3) is 0 Å². The van der Waals surface area contributed by atoms with E-state index in [0.717, 1.165) is 22.6 Å². The van der Waals surface area contributed by atoms with Crippen LogP contribution in [0, 0.1) is 6.92 Å². The molecule has 0 atom stereocenters. The first-order valence-electron chi connectivity index (χ1n) is 7.44. The van der Waals surface area contributed by atoms with Crippen molar-refractivity contribution in [3.63, 3.8) is 0 Å². The topological polar surface area (TPSA) is 80.2 Å². The van der Waals surface area contributed by atoms with Crippen LogP contribution >= 0.6 is 46.3 Å². The van der Waals surface area contributed by atoms with E-state index >= 15 is 0 Å². The summed E-state index contributed by atoms with van der Waals surface area (Å²) in [5, 5.41) is 12.6. The quantitative estimate of drug-likeness (QED) is 0.745. The van der Waals surface area contributed by atoms with E-state index in [-0.39, 0.29) is 11.7 Å². The first-order chi connectivity index (χ1) is 12.0. The summed E-state index contributed by atoms with van der Waals surface area (Å²) in [6, 6.07) is 0. The van der Waals surface area contributed by atoms with Gasteiger partial charge in [0, 0.05) is 19.3 Å². The predicted octanol–water partition coefficient (Wildman–Crippen LogP) is 3.12. The maximum absolute atomic E-state index is 12.1. The molecule has 25 heavy (non-hydrogen) atoms. The van der Waals surface area contributed by atoms with Crippen LogP contribution in [0.4, 0.5) is 10.9 Å². The number of hydrogen-bond acceptors (Lipinski definition) is 8. The summed E-state index contributed by atoms with van der Waals surface area (Å²) in [6.07, 6.45) is 1.46. The zero-order valence-corrected chi connectivity index (χ0v) is 16.4. The molecule has 3 rings (SSSR count). The standard InChI is InChI=1S/C14H15Cl2N5O2S2/c1-8-9(15)6-17-12(11(8)16)18-10(22)7-24-14-20-19-13(25-14)21-2-4-23-5-3-21/h6H,2-5,7H2,1H3,(H,17,18,22). The van der Waals surface area contributed by atoms with E-state index in [2.05, 4.69) is 25.4 Å². The number of amides is 1. The fraction of sp³-hybridized carbons (Fsp3) is 0.429. The van der Waals surface area contributed by atoms with Gasteiger partial charge in [0.15, 0.2) is 10.2 Å². The molecule has 134 valence electrons. The van der Waals surface area contributed by atoms with Crippen molar-refractivity contribution in [2.45, 2.75) is 11.3 Å². The van der Waals surface area contributed by atoms with Gasteiger partial charge in [0.25, 0.3) is 0 Å². The highest BCUT2D eigenvalue weighted by atomic mass is 35.5. The zero-order valence-electron chi connectivity index (χ0n) is 13.3. The molecule has 1 aliphatic rings. The van der Waals surface area contributed by atoms with Crippen LogP contribution in [0.1, 0.15) is 5.56 Å². The fourth-order valence-corrected chi connectivity index (χ4v) is 4.17. The van der Waals surface area contributed by atoms with Crippen LogP contribution in [0.5, 0.6) is 0 Å². The smallest absolute Gasteiger partial charge is 0.236 e. The molecular formula is C14H15Cl2N5O2S2. The van der Waals surface area contributed by atoms with E-state index in [1.807, 2.05) is 0 Å². The number of rotatable bonds is 5. The summed E-state index contributed by atoms with van der Waals surface area (Å²) in [5.41, 5.74) is 0.681. The molecule has 1 amide bonds. The Kier molecular flexibility index (Phi) is 6.34. The van der Waals surface area contributed by atoms with E-state index in [1.165, 1.54) is 29.3 Å². The second kappa shape index (κ2) is 8.50. The molecule has 2 aromatic rings. The van der Waals surface area contributed by atoms with Crippen molar-refractivity contribution >= 4 is 63.2 Å². The number of aromatic nitrogens is 3. The second-order valence-electron chi connectivity index (χ2n) is 5.18. The predicted molar refractivity (Wildman–Crippen MR) is 101 cm³/mol. The number of nitrogens with one attached hydrogen (secondary N) is 1. The number of pyridine rings is 1. The fourth-order valence-electron chi connectivity index (χ4n) is 2.08. The summed E-state index contributed by atoms with van der Waals surface area (Å²) in [4.78, 5) is 18.3. The van der Waals surface area contributed by atoms with Gasteiger partial charge in [-0.15, -0.1) is 10.2 Å². The van der Waals surface area contributed by atoms with Gasteiger partial charge in [-0.2, -0.15) is 0 Å². The van der Waals surface area contributed by atoms with Crippen molar-refractivity contribution in [2.24, 2.45) is 0 Å². The number of carbonyl (C=O) groups is 1. The van der Waals surface area contributed by atoms with Crippen molar-refractivity contribution in [2.75, 3.05) is 42.3 Å². The number of nitrogens with zero attached hydrogens (tertiary/aromatic N) is 4. The maximum Gasteiger partial charge on any atom is 0.236 e. The highest BCUT2D eigenvalue weighted by Gasteiger charge is 2.17. The van der Waals surface area contributed by atoms with Gasteiger partial charge in [-0.3, -0.25) is 4.79 Å². The highest BCUT2D eigenvalue weighted by molar-refractivity contribution is 8.01. The molecule has 0 unspecified atom stereocenters. The van der Waals surface area contributed by atoms with Gasteiger partial charge in [0.2, 0.25) is 11.0 Å². The molecule has 1 aliphatic heterocycles. The summed E-state index contributed by atoms with van der Waals surface area (Å²) >= 11 is 14.9. The van der Waals surface area contributed by atoms with Crippen molar-refractivity contribution < 1.29 is 9.53 Å². The van der Waals surface area contributed by atoms with Gasteiger partial charge in [0.05, 0.1) is 29.0 Å². The van der Waals surface area contributed by atoms with Crippen LogP contribution in [0.15, 0.2) is 10.5 Å². The third kappa shape index (κ3) is 4.73. The molecule has 1 saturated heterocycles. The summed E-state index contributed by atoms with van der Waals surface area (Å²) < 4.78 is 6.06. The van der Waals surface area contributed by atoms with Crippen LogP contribution < -0.4 is 10.2 Å². The molecule has 1 N–H and O–H groups in total. The van der Waals surface area contributed by atoms with Crippen LogP contribution in [-0.4, -0.2) is 53.1 Å². The minimum Gasteiger partial charge on any atom is -0.378 e. The molecule has 0 radical (unpaired) electrons. The lowest BCUT2D eigenvalue weighted by molar-refractivity contribution is -0.113. The number of anilines is 2. The number of thioether (sulfide) groups is 1. The Morgan fingerprint density at radius 2 is 2.16 bits per heavy atom. The third-order valence-corrected chi connectivity index (χ3v) is 6.43. The molecule has 0 aliphatic carbocycles. The number of halogens is 2. The van der Waals surface area contributed by atoms with Crippen LogP contribution in [0.2, 0.25) is 10.0 Å². The van der Waals surface area contributed by atoms with Crippen LogP contribution in [-0.2, 0) is 9.53 Å². The van der Waals surface area contributed by atoms with Gasteiger partial charge < -0.3 is 15.0 Å². The highest BCUT2D eigenvalue weighted by Crippen LogP contribution is 2.30. The normalized spacial score (nSPS) is 14.6. The molecule has 2 aromatic heterocycles. The molecule has 11 heteroatoms. The molecule has 0 saturated carbocycles. The lowest BCUT2D eigenvalue weighted by Gasteiger charge is -2.25. The summed E-state index contributed by atoms with van der Waals surface area (Å²) in [6.45, 7) is 4.77. The van der Waals surface area contributed by atoms with Crippen molar-refractivity contribution in [3.8, 4) is 0 Å². The second-order valence-corrected chi connectivity index (χ2v) is 8.14. The van der Waals surface area contributed by atoms with Crippen LogP contribution in [0.3, 0.4) is 0 Å². The number of ether oxygens (including phenoxy) is 1. The van der Waals surface area contributed by atoms with E-state index in [9.17, 15) is 4.79 Å². The van der Waals surface area contributed by atoms with Gasteiger partial charge in [-0.25, -0.2) is 4.98 Å². The van der Waals surface area contributed by atoms with Gasteiger partial charge in [-0.1, -0.05) is 46.3 Å². The van der Waals surface area contributed by atoms with Crippen molar-refractivity contribution in [1.29, 1.82) is 0 Å². The SMILES string of the molecule is Cc1c(Cl)cnc(NC(=O)CSc2nnc(N3CCOCC3)s2)c1Cl. The van der Waals surface area contributed by atoms with E-state index in [0.29, 0.717) is 34.6 Å². The van der Waals surface area contributed by atoms with E-state index in [1.54, 1.807) is 6.92 Å². The van der Waals surface area contributed by atoms with Gasteiger partial charge in [-0.05, 0) is 12.5 Å². The average molecular weight is 420 g/mol. The molecule has 0 bridgehead atoms. The van der Waals surface area contributed by atoms with Crippen molar-refractivity contribution in [1.82, 2.24) is 15.2 Å². The Balaban J connectivity index is 1.54. The molecular weight excluding hydrogens is 405 g/mol. The Bertz CT molecular complexity index is 768. The summed E-state index contributed by atoms with van der Waals surface area (Å²) in [5.74, 6) is 0.280. The molecule has 0 aromatic carbocycles. The van der Waals surface area contributed by atoms with Gasteiger partial charge >= 0.3 is 0 Å². The van der Waals surface area contributed by atoms with Crippen molar-refractivity contribution in [3.05, 3.63) is 21.8 Å². The molecule has 3 heterocycles. The third-order valence-electron chi connectivity index (χ3n) is 3.46. The largest absolute Gasteiger partial charge is 0.378 e. The first kappa shape index (κ1) is 18.7. The monoisotopic (exact) mass is 419 g/mol. The molecule has 7 nitrogen and oxygen atoms in total. The van der Waals surface area contributed by atoms with E-state index in [4.69, 9.17) is 27.9 Å². The minimum atomic E-state index is -0.218. The van der Waals surface area contributed by atoms with Gasteiger partial charge in [0.1, 0.15) is 0 Å². The molecule has 0 spiro atoms. The Morgan fingerprint density at radius 3 is 2.92 bits per heavy atom.